The first kappa shape index (κ1) is 53.3. The molecular weight excluding hydrogens is 952 g/mol. The number of alkyl halides is 5. The molecule has 0 saturated carbocycles. The summed E-state index contributed by atoms with van der Waals surface area (Å²) in [5, 5.41) is 12.9. The molecule has 0 bridgehead atoms. The molecule has 0 aromatic carbocycles. The van der Waals surface area contributed by atoms with Gasteiger partial charge < -0.3 is 57.2 Å². The molecule has 47 heavy (non-hydrogen) atoms. The zero-order chi connectivity index (χ0) is 35.7. The Kier molecular flexibility index (Phi) is 50.0. The number of hydrogen-bond donors (Lipinski definition) is 1. The van der Waals surface area contributed by atoms with Crippen molar-refractivity contribution in [3.8, 4) is 0 Å². The van der Waals surface area contributed by atoms with Gasteiger partial charge in [-0.1, -0.05) is 79.6 Å². The highest BCUT2D eigenvalue weighted by Crippen LogP contribution is 2.27. The molecule has 0 atom stereocenters. The molecule has 0 radical (unpaired) electrons. The normalized spacial score (nSPS) is 11.6. The van der Waals surface area contributed by atoms with Gasteiger partial charge in [0, 0.05) is 60.5 Å². The molecule has 0 saturated heterocycles. The highest BCUT2D eigenvalue weighted by atomic mass is 79.9. The van der Waals surface area contributed by atoms with Crippen molar-refractivity contribution < 1.29 is 57.2 Å². The van der Waals surface area contributed by atoms with Gasteiger partial charge in [-0.25, -0.2) is 0 Å². The Hall–Kier alpha value is 1.92. The summed E-state index contributed by atoms with van der Waals surface area (Å²) < 4.78 is 58.2. The summed E-state index contributed by atoms with van der Waals surface area (Å²) in [5.41, 5.74) is 0.0194. The van der Waals surface area contributed by atoms with Crippen LogP contribution in [0.3, 0.4) is 0 Å². The molecule has 0 fully saturated rings. The van der Waals surface area contributed by atoms with E-state index in [0.29, 0.717) is 130 Å². The van der Waals surface area contributed by atoms with Crippen LogP contribution in [0.1, 0.15) is 0 Å². The molecule has 17 heteroatoms. The molecule has 0 amide bonds. The fourth-order valence-electron chi connectivity index (χ4n) is 2.72. The van der Waals surface area contributed by atoms with E-state index in [9.17, 15) is 0 Å². The zero-order valence-electron chi connectivity index (χ0n) is 28.8. The van der Waals surface area contributed by atoms with Crippen molar-refractivity contribution >= 4 is 79.6 Å². The summed E-state index contributed by atoms with van der Waals surface area (Å²) in [6.07, 6.45) is 0. The Balaban J connectivity index is -0.000000922. The summed E-state index contributed by atoms with van der Waals surface area (Å²) >= 11 is 17.5. The fraction of sp³-hybridized carbons (Fsp3) is 1.00. The second kappa shape index (κ2) is 44.1. The summed E-state index contributed by atoms with van der Waals surface area (Å²) in [6.45, 7) is 9.57. The van der Waals surface area contributed by atoms with Crippen LogP contribution in [0.25, 0.3) is 0 Å². The van der Waals surface area contributed by atoms with Gasteiger partial charge in [-0.3, -0.25) is 0 Å². The number of aliphatic hydroxyl groups excluding tert-OH is 1. The largest absolute Gasteiger partial charge is 0.394 e. The van der Waals surface area contributed by atoms with Crippen LogP contribution < -0.4 is 0 Å². The van der Waals surface area contributed by atoms with Gasteiger partial charge in [0.05, 0.1) is 131 Å². The molecule has 12 nitrogen and oxygen atoms in total. The van der Waals surface area contributed by atoms with E-state index < -0.39 is 0 Å². The van der Waals surface area contributed by atoms with Crippen LogP contribution in [-0.4, -0.2) is 186 Å². The monoisotopic (exact) mass is 1010 g/mol. The Morgan fingerprint density at radius 1 is 0.340 bits per heavy atom. The Bertz CT molecular complexity index is 504. The van der Waals surface area contributed by atoms with Gasteiger partial charge in [-0.05, 0) is 0 Å². The predicted octanol–water partition coefficient (Wildman–Crippen LogP) is 4.60. The number of ether oxygens (including phenoxy) is 11. The van der Waals surface area contributed by atoms with Crippen LogP contribution in [0.5, 0.6) is 0 Å². The minimum absolute atomic E-state index is 0.0870. The second-order valence-electron chi connectivity index (χ2n) is 9.97. The number of methoxy groups -OCH3 is 4. The first-order valence-electron chi connectivity index (χ1n) is 15.3. The van der Waals surface area contributed by atoms with Crippen molar-refractivity contribution in [3.63, 3.8) is 0 Å². The summed E-state index contributed by atoms with van der Waals surface area (Å²) in [7, 11) is 6.56. The molecule has 0 aromatic rings. The maximum absolute atomic E-state index is 8.20. The Morgan fingerprint density at radius 3 is 0.787 bits per heavy atom. The first-order chi connectivity index (χ1) is 22.9. The van der Waals surface area contributed by atoms with E-state index in [1.807, 2.05) is 0 Å². The van der Waals surface area contributed by atoms with E-state index in [2.05, 4.69) is 84.4 Å². The average molecular weight is 1010 g/mol. The minimum atomic E-state index is -0.314. The first-order valence-corrected chi connectivity index (χ1v) is 20.9. The zero-order valence-corrected chi connectivity index (χ0v) is 36.7. The van der Waals surface area contributed by atoms with Gasteiger partial charge in [0.2, 0.25) is 0 Å². The lowest BCUT2D eigenvalue weighted by Gasteiger charge is -2.31. The molecule has 0 spiro atoms. The molecule has 1 N–H and O–H groups in total. The van der Waals surface area contributed by atoms with Crippen molar-refractivity contribution in [2.24, 2.45) is 10.8 Å². The van der Waals surface area contributed by atoms with Crippen LogP contribution in [0.2, 0.25) is 0 Å². The van der Waals surface area contributed by atoms with Crippen molar-refractivity contribution in [3.05, 3.63) is 0 Å². The van der Waals surface area contributed by atoms with Crippen molar-refractivity contribution in [1.82, 2.24) is 0 Å². The highest BCUT2D eigenvalue weighted by molar-refractivity contribution is 9.11. The Labute approximate surface area is 326 Å². The molecule has 0 aliphatic heterocycles. The predicted molar refractivity (Wildman–Crippen MR) is 204 cm³/mol. The van der Waals surface area contributed by atoms with E-state index in [4.69, 9.17) is 52.5 Å². The second-order valence-corrected chi connectivity index (χ2v) is 12.8. The van der Waals surface area contributed by atoms with E-state index in [1.165, 1.54) is 0 Å². The van der Waals surface area contributed by atoms with Crippen molar-refractivity contribution in [2.75, 3.05) is 181 Å². The third-order valence-corrected chi connectivity index (χ3v) is 11.7. The van der Waals surface area contributed by atoms with Gasteiger partial charge >= 0.3 is 0 Å². The topological polar surface area (TPSA) is 122 Å². The van der Waals surface area contributed by atoms with Crippen LogP contribution in [0.4, 0.5) is 0 Å². The molecule has 0 heterocycles. The maximum atomic E-state index is 8.20. The average Bonchev–Trinajstić information content (AvgIpc) is 3.10. The number of aliphatic hydroxyl groups is 1. The Morgan fingerprint density at radius 2 is 0.574 bits per heavy atom. The van der Waals surface area contributed by atoms with Gasteiger partial charge in [0.15, 0.2) is 0 Å². The van der Waals surface area contributed by atoms with Gasteiger partial charge in [-0.2, -0.15) is 0 Å². The van der Waals surface area contributed by atoms with Crippen molar-refractivity contribution in [1.29, 1.82) is 0 Å². The third kappa shape index (κ3) is 37.5. The van der Waals surface area contributed by atoms with Crippen molar-refractivity contribution in [2.45, 2.75) is 0 Å². The van der Waals surface area contributed by atoms with Gasteiger partial charge in [0.1, 0.15) is 0 Å². The molecule has 0 aliphatic rings. The van der Waals surface area contributed by atoms with E-state index in [1.54, 1.807) is 28.4 Å². The molecule has 288 valence electrons. The summed E-state index contributed by atoms with van der Waals surface area (Å²) in [6, 6.07) is 0. The van der Waals surface area contributed by atoms with Crippen LogP contribution >= 0.6 is 79.6 Å². The highest BCUT2D eigenvalue weighted by Gasteiger charge is 2.31. The summed E-state index contributed by atoms with van der Waals surface area (Å²) in [5.74, 6) is 0. The summed E-state index contributed by atoms with van der Waals surface area (Å²) in [4.78, 5) is 0. The number of hydrogen-bond acceptors (Lipinski definition) is 12. The van der Waals surface area contributed by atoms with Crippen LogP contribution in [0.15, 0.2) is 0 Å². The third-order valence-electron chi connectivity index (χ3n) is 5.72. The molecule has 0 aliphatic carbocycles. The van der Waals surface area contributed by atoms with E-state index >= 15 is 0 Å². The van der Waals surface area contributed by atoms with Gasteiger partial charge in [-0.15, -0.1) is 0 Å². The molecule has 0 aromatic heterocycles. The maximum Gasteiger partial charge on any atom is 0.0701 e. The standard InChI is InChI=1S/C20H41BrO9.C5H8Br4.C5H12O3/c1-22-4-7-25-10-13-28-17-20(16-21,18-29-14-11-26-8-5-23-2)19-30-15-12-27-9-6-24-3;6-1-5(2-7,3-8)4-9;1-7-4-5-8-3-2-6/h4-19H2,1-3H3;1-4H2;6H,2-5H2,1H3. The molecular formula is C30H61Br5O12. The van der Waals surface area contributed by atoms with E-state index in [0.717, 1.165) is 21.3 Å². The van der Waals surface area contributed by atoms with E-state index in [-0.39, 0.29) is 12.0 Å². The lowest BCUT2D eigenvalue weighted by atomic mass is 9.94. The fourth-order valence-corrected chi connectivity index (χ4v) is 8.77. The molecule has 0 rings (SSSR count). The lowest BCUT2D eigenvalue weighted by Crippen LogP contribution is -2.40. The minimum Gasteiger partial charge on any atom is -0.394 e. The number of halogens is 5. The van der Waals surface area contributed by atoms with Crippen LogP contribution in [-0.2, 0) is 52.1 Å². The van der Waals surface area contributed by atoms with Crippen LogP contribution in [0, 0.1) is 10.8 Å². The smallest absolute Gasteiger partial charge is 0.0701 e. The quantitative estimate of drug-likeness (QED) is 0.0717. The number of rotatable bonds is 34. The van der Waals surface area contributed by atoms with Gasteiger partial charge in [0.25, 0.3) is 0 Å². The SMILES string of the molecule is BrCC(CBr)(CBr)CBr.COCCOCCO.COCCOCCOCC(CBr)(COCCOCCOC)COCCOCCOC. The lowest BCUT2D eigenvalue weighted by molar-refractivity contribution is -0.0793. The molecule has 0 unspecified atom stereocenters.